The summed E-state index contributed by atoms with van der Waals surface area (Å²) in [4.78, 5) is 27.5. The number of amides is 1. The van der Waals surface area contributed by atoms with Gasteiger partial charge < -0.3 is 10.1 Å². The van der Waals surface area contributed by atoms with Gasteiger partial charge in [-0.1, -0.05) is 26.0 Å². The van der Waals surface area contributed by atoms with Gasteiger partial charge in [0.15, 0.2) is 0 Å². The number of ether oxygens (including phenoxy) is 1. The monoisotopic (exact) mass is 388 g/mol. The number of hydrogen-bond acceptors (Lipinski definition) is 4. The number of para-hydroxylation sites is 2. The van der Waals surface area contributed by atoms with Crippen LogP contribution in [0, 0.1) is 5.92 Å². The molecule has 1 saturated heterocycles. The summed E-state index contributed by atoms with van der Waals surface area (Å²) in [6.45, 7) is 11.3. The lowest BCUT2D eigenvalue weighted by Gasteiger charge is -2.36. The molecule has 0 spiro atoms. The molecule has 1 unspecified atom stereocenters. The SMILES string of the molecule is CCn1c(=O)n(CCC(=O)NCC(C(C)C)N2CCOCC2)c2ccccc21. The molecule has 3 rings (SSSR count). The summed E-state index contributed by atoms with van der Waals surface area (Å²) in [6, 6.07) is 8.05. The van der Waals surface area contributed by atoms with E-state index in [-0.39, 0.29) is 11.6 Å². The van der Waals surface area contributed by atoms with Crippen LogP contribution in [0.3, 0.4) is 0 Å². The number of aryl methyl sites for hydroxylation is 2. The summed E-state index contributed by atoms with van der Waals surface area (Å²) >= 11 is 0. The Morgan fingerprint density at radius 3 is 2.39 bits per heavy atom. The third-order valence-electron chi connectivity index (χ3n) is 5.60. The number of benzene rings is 1. The second kappa shape index (κ2) is 9.39. The number of rotatable bonds is 8. The first-order chi connectivity index (χ1) is 13.5. The van der Waals surface area contributed by atoms with Crippen LogP contribution in [-0.2, 0) is 22.6 Å². The molecule has 1 atom stereocenters. The van der Waals surface area contributed by atoms with E-state index in [0.29, 0.717) is 38.0 Å². The van der Waals surface area contributed by atoms with Crippen LogP contribution in [0.25, 0.3) is 11.0 Å². The second-order valence-corrected chi connectivity index (χ2v) is 7.68. The van der Waals surface area contributed by atoms with Crippen LogP contribution in [0.1, 0.15) is 27.2 Å². The van der Waals surface area contributed by atoms with Gasteiger partial charge in [0.2, 0.25) is 5.91 Å². The average Bonchev–Trinajstić information content (AvgIpc) is 2.97. The van der Waals surface area contributed by atoms with Gasteiger partial charge in [0.25, 0.3) is 0 Å². The molecule has 28 heavy (non-hydrogen) atoms. The lowest BCUT2D eigenvalue weighted by Crippen LogP contribution is -2.51. The maximum absolute atomic E-state index is 12.7. The lowest BCUT2D eigenvalue weighted by atomic mass is 10.0. The van der Waals surface area contributed by atoms with Gasteiger partial charge in [0.1, 0.15) is 0 Å². The Morgan fingerprint density at radius 1 is 1.14 bits per heavy atom. The molecule has 1 aliphatic rings. The Hall–Kier alpha value is -2.12. The van der Waals surface area contributed by atoms with Crippen molar-refractivity contribution < 1.29 is 9.53 Å². The molecule has 0 saturated carbocycles. The zero-order valence-electron chi connectivity index (χ0n) is 17.2. The number of nitrogens with one attached hydrogen (secondary N) is 1. The minimum atomic E-state index is -0.0510. The quantitative estimate of drug-likeness (QED) is 0.747. The number of carbonyl (C=O) groups excluding carboxylic acids is 1. The van der Waals surface area contributed by atoms with Crippen LogP contribution in [-0.4, -0.2) is 58.8 Å². The Bertz CT molecular complexity index is 849. The van der Waals surface area contributed by atoms with E-state index in [1.54, 1.807) is 9.13 Å². The molecule has 0 radical (unpaired) electrons. The third kappa shape index (κ3) is 4.47. The standard InChI is InChI=1S/C21H32N4O3/c1-4-24-17-7-5-6-8-18(17)25(21(24)27)10-9-20(26)22-15-19(16(2)3)23-11-13-28-14-12-23/h5-8,16,19H,4,9-15H2,1-3H3,(H,22,26). The summed E-state index contributed by atoms with van der Waals surface area (Å²) in [6.07, 6.45) is 0.297. The summed E-state index contributed by atoms with van der Waals surface area (Å²) < 4.78 is 8.90. The minimum absolute atomic E-state index is 0.0147. The molecule has 0 bridgehead atoms. The van der Waals surface area contributed by atoms with Crippen molar-refractivity contribution in [2.24, 2.45) is 5.92 Å². The van der Waals surface area contributed by atoms with Gasteiger partial charge in [-0.3, -0.25) is 18.8 Å². The summed E-state index contributed by atoms with van der Waals surface area (Å²) in [7, 11) is 0. The first-order valence-corrected chi connectivity index (χ1v) is 10.3. The van der Waals surface area contributed by atoms with Gasteiger partial charge in [0.05, 0.1) is 24.2 Å². The number of hydrogen-bond donors (Lipinski definition) is 1. The van der Waals surface area contributed by atoms with E-state index in [4.69, 9.17) is 4.74 Å². The minimum Gasteiger partial charge on any atom is -0.379 e. The molecular formula is C21H32N4O3. The highest BCUT2D eigenvalue weighted by molar-refractivity contribution is 5.78. The molecule has 0 aliphatic carbocycles. The number of fused-ring (bicyclic) bond motifs is 1. The zero-order valence-corrected chi connectivity index (χ0v) is 17.2. The Kier molecular flexibility index (Phi) is 6.91. The smallest absolute Gasteiger partial charge is 0.329 e. The molecule has 1 aliphatic heterocycles. The van der Waals surface area contributed by atoms with Crippen molar-refractivity contribution in [3.63, 3.8) is 0 Å². The molecule has 2 heterocycles. The molecule has 1 fully saturated rings. The van der Waals surface area contributed by atoms with E-state index in [1.165, 1.54) is 0 Å². The third-order valence-corrected chi connectivity index (χ3v) is 5.60. The number of nitrogens with zero attached hydrogens (tertiary/aromatic N) is 3. The van der Waals surface area contributed by atoms with Crippen molar-refractivity contribution in [3.05, 3.63) is 34.7 Å². The molecule has 154 valence electrons. The maximum atomic E-state index is 12.7. The fraction of sp³-hybridized carbons (Fsp3) is 0.619. The van der Waals surface area contributed by atoms with E-state index in [1.807, 2.05) is 31.2 Å². The first-order valence-electron chi connectivity index (χ1n) is 10.3. The van der Waals surface area contributed by atoms with E-state index < -0.39 is 0 Å². The van der Waals surface area contributed by atoms with E-state index in [2.05, 4.69) is 24.1 Å². The average molecular weight is 389 g/mol. The van der Waals surface area contributed by atoms with Crippen LogP contribution < -0.4 is 11.0 Å². The molecule has 2 aromatic rings. The zero-order chi connectivity index (χ0) is 20.1. The van der Waals surface area contributed by atoms with E-state index >= 15 is 0 Å². The topological polar surface area (TPSA) is 68.5 Å². The molecule has 7 heteroatoms. The Balaban J connectivity index is 1.61. The highest BCUT2D eigenvalue weighted by atomic mass is 16.5. The molecule has 1 aromatic carbocycles. The van der Waals surface area contributed by atoms with Gasteiger partial charge in [-0.2, -0.15) is 0 Å². The van der Waals surface area contributed by atoms with Gasteiger partial charge in [0, 0.05) is 45.2 Å². The molecule has 1 aromatic heterocycles. The fourth-order valence-corrected chi connectivity index (χ4v) is 4.01. The number of morpholine rings is 1. The van der Waals surface area contributed by atoms with Gasteiger partial charge in [-0.15, -0.1) is 0 Å². The van der Waals surface area contributed by atoms with Crippen molar-refractivity contribution in [3.8, 4) is 0 Å². The summed E-state index contributed by atoms with van der Waals surface area (Å²) in [5, 5.41) is 3.08. The highest BCUT2D eigenvalue weighted by Crippen LogP contribution is 2.14. The predicted octanol–water partition coefficient (Wildman–Crippen LogP) is 1.69. The van der Waals surface area contributed by atoms with Gasteiger partial charge >= 0.3 is 5.69 Å². The molecular weight excluding hydrogens is 356 g/mol. The summed E-state index contributed by atoms with van der Waals surface area (Å²) in [5.41, 5.74) is 1.75. The number of imidazole rings is 1. The van der Waals surface area contributed by atoms with Gasteiger partial charge in [-0.05, 0) is 25.0 Å². The highest BCUT2D eigenvalue weighted by Gasteiger charge is 2.24. The molecule has 7 nitrogen and oxygen atoms in total. The fourth-order valence-electron chi connectivity index (χ4n) is 4.01. The maximum Gasteiger partial charge on any atom is 0.329 e. The Morgan fingerprint density at radius 2 is 1.79 bits per heavy atom. The largest absolute Gasteiger partial charge is 0.379 e. The van der Waals surface area contributed by atoms with Crippen molar-refractivity contribution in [1.82, 2.24) is 19.4 Å². The van der Waals surface area contributed by atoms with Crippen molar-refractivity contribution >= 4 is 16.9 Å². The summed E-state index contributed by atoms with van der Waals surface area (Å²) in [5.74, 6) is 0.433. The van der Waals surface area contributed by atoms with Crippen LogP contribution in [0.4, 0.5) is 0 Å². The lowest BCUT2D eigenvalue weighted by molar-refractivity contribution is -0.121. The van der Waals surface area contributed by atoms with Crippen LogP contribution in [0.15, 0.2) is 29.1 Å². The van der Waals surface area contributed by atoms with Gasteiger partial charge in [-0.25, -0.2) is 4.79 Å². The second-order valence-electron chi connectivity index (χ2n) is 7.68. The predicted molar refractivity (Wildman–Crippen MR) is 111 cm³/mol. The van der Waals surface area contributed by atoms with Crippen molar-refractivity contribution in [1.29, 1.82) is 0 Å². The van der Waals surface area contributed by atoms with E-state index in [0.717, 1.165) is 37.3 Å². The van der Waals surface area contributed by atoms with Crippen LogP contribution in [0.2, 0.25) is 0 Å². The molecule has 1 amide bonds. The van der Waals surface area contributed by atoms with Crippen LogP contribution in [0.5, 0.6) is 0 Å². The molecule has 1 N–H and O–H groups in total. The number of carbonyl (C=O) groups is 1. The van der Waals surface area contributed by atoms with Crippen molar-refractivity contribution in [2.45, 2.75) is 46.3 Å². The normalized spacial score (nSPS) is 16.6. The van der Waals surface area contributed by atoms with E-state index in [9.17, 15) is 9.59 Å². The number of aromatic nitrogens is 2. The van der Waals surface area contributed by atoms with Crippen molar-refractivity contribution in [2.75, 3.05) is 32.8 Å². The first kappa shape index (κ1) is 20.6. The Labute approximate surface area is 166 Å². The van der Waals surface area contributed by atoms with Crippen LogP contribution >= 0.6 is 0 Å².